The van der Waals surface area contributed by atoms with Gasteiger partial charge >= 0.3 is 0 Å². The van der Waals surface area contributed by atoms with E-state index in [2.05, 4.69) is 22.6 Å². The normalized spacial score (nSPS) is 16.3. The quantitative estimate of drug-likeness (QED) is 0.698. The predicted molar refractivity (Wildman–Crippen MR) is 58.0 cm³/mol. The van der Waals surface area contributed by atoms with E-state index in [-0.39, 0.29) is 6.10 Å². The second kappa shape index (κ2) is 5.93. The van der Waals surface area contributed by atoms with E-state index in [9.17, 15) is 0 Å². The first-order chi connectivity index (χ1) is 7.88. The summed E-state index contributed by atoms with van der Waals surface area (Å²) in [5.41, 5.74) is 0.967. The first kappa shape index (κ1) is 11.5. The second-order valence-corrected chi connectivity index (χ2v) is 3.78. The maximum absolute atomic E-state index is 5.54. The molecule has 0 saturated carbocycles. The Balaban J connectivity index is 1.65. The lowest BCUT2D eigenvalue weighted by Crippen LogP contribution is -2.36. The van der Waals surface area contributed by atoms with Crippen molar-refractivity contribution in [3.05, 3.63) is 11.9 Å². The Bertz CT molecular complexity index is 312. The molecule has 0 bridgehead atoms. The van der Waals surface area contributed by atoms with E-state index in [1.165, 1.54) is 0 Å². The van der Waals surface area contributed by atoms with E-state index in [4.69, 9.17) is 9.47 Å². The molecule has 1 fully saturated rings. The average molecular weight is 226 g/mol. The number of nitrogens with zero attached hydrogens (tertiary/aromatic N) is 3. The molecule has 16 heavy (non-hydrogen) atoms. The zero-order valence-electron chi connectivity index (χ0n) is 9.56. The summed E-state index contributed by atoms with van der Waals surface area (Å²) in [7, 11) is 0. The summed E-state index contributed by atoms with van der Waals surface area (Å²) in [4.78, 5) is 0. The van der Waals surface area contributed by atoms with Crippen LogP contribution in [0.3, 0.4) is 0 Å². The predicted octanol–water partition coefficient (Wildman–Crippen LogP) is -0.197. The van der Waals surface area contributed by atoms with E-state index in [1.807, 2.05) is 10.9 Å². The molecule has 1 aromatic heterocycles. The minimum atomic E-state index is 0.282. The fourth-order valence-electron chi connectivity index (χ4n) is 1.41. The lowest BCUT2D eigenvalue weighted by molar-refractivity contribution is -0.131. The molecule has 90 valence electrons. The molecule has 1 N–H and O–H groups in total. The molecule has 0 aromatic carbocycles. The van der Waals surface area contributed by atoms with Crippen LogP contribution in [-0.2, 0) is 22.6 Å². The average Bonchev–Trinajstić information content (AvgIpc) is 2.67. The molecule has 2 heterocycles. The molecule has 1 saturated heterocycles. The maximum Gasteiger partial charge on any atom is 0.104 e. The molecule has 0 unspecified atom stereocenters. The van der Waals surface area contributed by atoms with Gasteiger partial charge in [0, 0.05) is 12.7 Å². The van der Waals surface area contributed by atoms with Crippen LogP contribution in [0, 0.1) is 0 Å². The lowest BCUT2D eigenvalue weighted by Gasteiger charge is -2.25. The fraction of sp³-hybridized carbons (Fsp3) is 0.800. The molecule has 1 aliphatic rings. The molecule has 1 aliphatic heterocycles. The third kappa shape index (κ3) is 3.26. The molecule has 0 aliphatic carbocycles. The van der Waals surface area contributed by atoms with Gasteiger partial charge in [-0.2, -0.15) is 0 Å². The highest BCUT2D eigenvalue weighted by Crippen LogP contribution is 2.04. The van der Waals surface area contributed by atoms with E-state index in [0.717, 1.165) is 38.5 Å². The van der Waals surface area contributed by atoms with Gasteiger partial charge < -0.3 is 14.8 Å². The number of ether oxygens (including phenoxy) is 2. The summed E-state index contributed by atoms with van der Waals surface area (Å²) >= 11 is 0. The summed E-state index contributed by atoms with van der Waals surface area (Å²) < 4.78 is 12.4. The van der Waals surface area contributed by atoms with Gasteiger partial charge in [-0.05, 0) is 6.54 Å². The maximum atomic E-state index is 5.54. The number of hydrogen-bond donors (Lipinski definition) is 1. The van der Waals surface area contributed by atoms with Gasteiger partial charge in [-0.15, -0.1) is 5.10 Å². The zero-order valence-corrected chi connectivity index (χ0v) is 9.56. The van der Waals surface area contributed by atoms with Crippen molar-refractivity contribution in [3.8, 4) is 0 Å². The van der Waals surface area contributed by atoms with Crippen molar-refractivity contribution in [3.63, 3.8) is 0 Å². The van der Waals surface area contributed by atoms with Crippen molar-refractivity contribution < 1.29 is 9.47 Å². The summed E-state index contributed by atoms with van der Waals surface area (Å²) in [5, 5.41) is 11.3. The van der Waals surface area contributed by atoms with Crippen LogP contribution in [0.25, 0.3) is 0 Å². The Morgan fingerprint density at radius 3 is 3.19 bits per heavy atom. The van der Waals surface area contributed by atoms with Gasteiger partial charge in [-0.25, -0.2) is 4.68 Å². The third-order valence-electron chi connectivity index (χ3n) is 2.42. The standard InChI is InChI=1S/C10H18N4O2/c1-2-11-5-9-6-14(13-12-9)3-4-16-10-7-15-8-10/h6,10-11H,2-5,7-8H2,1H3. The zero-order chi connectivity index (χ0) is 11.2. The van der Waals surface area contributed by atoms with Crippen molar-refractivity contribution in [2.45, 2.75) is 26.1 Å². The van der Waals surface area contributed by atoms with Crippen molar-refractivity contribution in [1.29, 1.82) is 0 Å². The molecule has 2 rings (SSSR count). The Labute approximate surface area is 94.9 Å². The Morgan fingerprint density at radius 2 is 2.50 bits per heavy atom. The molecule has 0 amide bonds. The van der Waals surface area contributed by atoms with Crippen LogP contribution in [-0.4, -0.2) is 47.5 Å². The van der Waals surface area contributed by atoms with E-state index in [1.54, 1.807) is 0 Å². The minimum absolute atomic E-state index is 0.282. The highest BCUT2D eigenvalue weighted by atomic mass is 16.6. The van der Waals surface area contributed by atoms with Crippen molar-refractivity contribution in [2.75, 3.05) is 26.4 Å². The summed E-state index contributed by atoms with van der Waals surface area (Å²) in [6, 6.07) is 0. The summed E-state index contributed by atoms with van der Waals surface area (Å²) in [5.74, 6) is 0. The van der Waals surface area contributed by atoms with Crippen molar-refractivity contribution >= 4 is 0 Å². The molecule has 0 atom stereocenters. The van der Waals surface area contributed by atoms with Crippen LogP contribution in [0.1, 0.15) is 12.6 Å². The smallest absolute Gasteiger partial charge is 0.104 e. The van der Waals surface area contributed by atoms with E-state index in [0.29, 0.717) is 6.61 Å². The van der Waals surface area contributed by atoms with Gasteiger partial charge in [0.15, 0.2) is 0 Å². The molecule has 0 radical (unpaired) electrons. The molecule has 1 aromatic rings. The summed E-state index contributed by atoms with van der Waals surface area (Å²) in [6.07, 6.45) is 2.23. The van der Waals surface area contributed by atoms with Gasteiger partial charge in [0.1, 0.15) is 6.10 Å². The minimum Gasteiger partial charge on any atom is -0.376 e. The van der Waals surface area contributed by atoms with E-state index >= 15 is 0 Å². The molecular formula is C10H18N4O2. The van der Waals surface area contributed by atoms with Crippen molar-refractivity contribution in [2.24, 2.45) is 0 Å². The number of rotatable bonds is 7. The van der Waals surface area contributed by atoms with Gasteiger partial charge in [-0.1, -0.05) is 12.1 Å². The molecule has 6 heteroatoms. The lowest BCUT2D eigenvalue weighted by atomic mass is 10.3. The van der Waals surface area contributed by atoms with Crippen molar-refractivity contribution in [1.82, 2.24) is 20.3 Å². The van der Waals surface area contributed by atoms with Gasteiger partial charge in [0.25, 0.3) is 0 Å². The first-order valence-electron chi connectivity index (χ1n) is 5.67. The molecule has 0 spiro atoms. The highest BCUT2D eigenvalue weighted by Gasteiger charge is 2.18. The van der Waals surface area contributed by atoms with Crippen LogP contribution in [0.5, 0.6) is 0 Å². The molecule has 6 nitrogen and oxygen atoms in total. The number of hydrogen-bond acceptors (Lipinski definition) is 5. The Morgan fingerprint density at radius 1 is 1.62 bits per heavy atom. The Kier molecular flexibility index (Phi) is 4.26. The second-order valence-electron chi connectivity index (χ2n) is 3.78. The monoisotopic (exact) mass is 226 g/mol. The van der Waals surface area contributed by atoms with Crippen LogP contribution in [0.15, 0.2) is 6.20 Å². The van der Waals surface area contributed by atoms with Crippen LogP contribution < -0.4 is 5.32 Å². The van der Waals surface area contributed by atoms with Crippen LogP contribution in [0.4, 0.5) is 0 Å². The topological polar surface area (TPSA) is 61.2 Å². The largest absolute Gasteiger partial charge is 0.376 e. The first-order valence-corrected chi connectivity index (χ1v) is 5.67. The van der Waals surface area contributed by atoms with Crippen LogP contribution >= 0.6 is 0 Å². The number of nitrogens with one attached hydrogen (secondary N) is 1. The Hall–Kier alpha value is -0.980. The van der Waals surface area contributed by atoms with Gasteiger partial charge in [-0.3, -0.25) is 0 Å². The fourth-order valence-corrected chi connectivity index (χ4v) is 1.41. The van der Waals surface area contributed by atoms with Gasteiger partial charge in [0.2, 0.25) is 0 Å². The number of aromatic nitrogens is 3. The van der Waals surface area contributed by atoms with Crippen LogP contribution in [0.2, 0.25) is 0 Å². The SMILES string of the molecule is CCNCc1cn(CCOC2COC2)nn1. The van der Waals surface area contributed by atoms with Gasteiger partial charge in [0.05, 0.1) is 32.1 Å². The van der Waals surface area contributed by atoms with E-state index < -0.39 is 0 Å². The molecular weight excluding hydrogens is 208 g/mol. The highest BCUT2D eigenvalue weighted by molar-refractivity contribution is 4.91. The summed E-state index contributed by atoms with van der Waals surface area (Å²) in [6.45, 7) is 6.64. The third-order valence-corrected chi connectivity index (χ3v) is 2.42.